The van der Waals surface area contributed by atoms with Crippen LogP contribution in [0.2, 0.25) is 0 Å². The molecule has 4 heteroatoms. The Bertz CT molecular complexity index is 1090. The molecule has 0 atom stereocenters. The molecule has 0 unspecified atom stereocenters. The lowest BCUT2D eigenvalue weighted by atomic mass is 10.2. The molecule has 0 aliphatic carbocycles. The van der Waals surface area contributed by atoms with Gasteiger partial charge in [-0.3, -0.25) is 0 Å². The third-order valence-corrected chi connectivity index (χ3v) is 3.60. The standard InChI is InChI=1S/C18H10O4/c1-3-7-13-11(5-1)19-15-9-10-16-18(17(15)21-13)22-14-8-4-2-6-12(14)20-16/h1-10H. The van der Waals surface area contributed by atoms with E-state index in [1.54, 1.807) is 0 Å². The van der Waals surface area contributed by atoms with E-state index in [4.69, 9.17) is 17.7 Å². The molecular formula is C18H10O4. The van der Waals surface area contributed by atoms with Crippen LogP contribution in [0.25, 0.3) is 44.7 Å². The molecule has 0 radical (unpaired) electrons. The van der Waals surface area contributed by atoms with Gasteiger partial charge in [-0.2, -0.15) is 0 Å². The van der Waals surface area contributed by atoms with Gasteiger partial charge in [-0.05, 0) is 36.4 Å². The van der Waals surface area contributed by atoms with Crippen molar-refractivity contribution in [1.29, 1.82) is 0 Å². The van der Waals surface area contributed by atoms with Crippen LogP contribution in [0.1, 0.15) is 0 Å². The van der Waals surface area contributed by atoms with Gasteiger partial charge in [0.05, 0.1) is 0 Å². The lowest BCUT2D eigenvalue weighted by Gasteiger charge is -2.05. The fourth-order valence-corrected chi connectivity index (χ4v) is 2.58. The fraction of sp³-hybridized carbons (Fsp3) is 0. The Morgan fingerprint density at radius 2 is 0.727 bits per heavy atom. The molecule has 0 N–H and O–H groups in total. The average Bonchev–Trinajstić information content (AvgIpc) is 2.58. The third-order valence-electron chi connectivity index (χ3n) is 3.60. The molecule has 0 bridgehead atoms. The highest BCUT2D eigenvalue weighted by atomic mass is 16.4. The van der Waals surface area contributed by atoms with E-state index in [9.17, 15) is 0 Å². The van der Waals surface area contributed by atoms with Crippen molar-refractivity contribution in [1.82, 2.24) is 0 Å². The van der Waals surface area contributed by atoms with Crippen LogP contribution in [-0.2, 0) is 0 Å². The van der Waals surface area contributed by atoms with Crippen molar-refractivity contribution in [2.24, 2.45) is 0 Å². The summed E-state index contributed by atoms with van der Waals surface area (Å²) < 4.78 is 23.7. The van der Waals surface area contributed by atoms with E-state index < -0.39 is 0 Å². The predicted octanol–water partition coefficient (Wildman–Crippen LogP) is 5.80. The van der Waals surface area contributed by atoms with E-state index >= 15 is 0 Å². The van der Waals surface area contributed by atoms with Crippen molar-refractivity contribution in [3.05, 3.63) is 60.7 Å². The average molecular weight is 290 g/mol. The van der Waals surface area contributed by atoms with Gasteiger partial charge in [0.25, 0.3) is 0 Å². The van der Waals surface area contributed by atoms with Gasteiger partial charge in [0.1, 0.15) is 0 Å². The Balaban J connectivity index is 2.00. The maximum absolute atomic E-state index is 5.96. The molecule has 0 fully saturated rings. The number of para-hydroxylation sites is 4. The zero-order valence-corrected chi connectivity index (χ0v) is 11.4. The molecule has 0 aliphatic rings. The van der Waals surface area contributed by atoms with Gasteiger partial charge in [0.2, 0.25) is 11.2 Å². The number of fused-ring (bicyclic) bond motifs is 5. The Kier molecular flexibility index (Phi) is 2.19. The Hall–Kier alpha value is -3.14. The Labute approximate surface area is 123 Å². The summed E-state index contributed by atoms with van der Waals surface area (Å²) in [5.41, 5.74) is 4.98. The van der Waals surface area contributed by atoms with E-state index in [1.165, 1.54) is 0 Å². The second-order valence-electron chi connectivity index (χ2n) is 5.02. The van der Waals surface area contributed by atoms with E-state index in [2.05, 4.69) is 0 Å². The molecule has 5 aromatic rings. The van der Waals surface area contributed by atoms with Crippen molar-refractivity contribution < 1.29 is 17.7 Å². The van der Waals surface area contributed by atoms with Gasteiger partial charge in [-0.15, -0.1) is 0 Å². The number of benzene rings is 3. The van der Waals surface area contributed by atoms with Crippen LogP contribution >= 0.6 is 0 Å². The normalized spacial score (nSPS) is 11.6. The SMILES string of the molecule is c1ccc2oc3c(ccc4oc5ccccc5oc43)oc2c1. The van der Waals surface area contributed by atoms with Gasteiger partial charge in [0, 0.05) is 0 Å². The Morgan fingerprint density at radius 1 is 0.364 bits per heavy atom. The van der Waals surface area contributed by atoms with Crippen LogP contribution in [0.15, 0.2) is 78.3 Å². The molecule has 2 aromatic heterocycles. The quantitative estimate of drug-likeness (QED) is 0.267. The van der Waals surface area contributed by atoms with E-state index in [0.29, 0.717) is 44.7 Å². The summed E-state index contributed by atoms with van der Waals surface area (Å²) in [4.78, 5) is 0. The lowest BCUT2D eigenvalue weighted by Crippen LogP contribution is -1.81. The maximum Gasteiger partial charge on any atom is 0.216 e. The molecule has 22 heavy (non-hydrogen) atoms. The summed E-state index contributed by atoms with van der Waals surface area (Å²) in [7, 11) is 0. The zero-order chi connectivity index (χ0) is 14.5. The molecular weight excluding hydrogens is 280 g/mol. The van der Waals surface area contributed by atoms with Gasteiger partial charge >= 0.3 is 0 Å². The van der Waals surface area contributed by atoms with Crippen molar-refractivity contribution >= 4 is 44.7 Å². The van der Waals surface area contributed by atoms with Crippen LogP contribution in [0, 0.1) is 0 Å². The largest absolute Gasteiger partial charge is 0.449 e. The first-order valence-corrected chi connectivity index (χ1v) is 6.95. The third kappa shape index (κ3) is 1.58. The topological polar surface area (TPSA) is 52.6 Å². The van der Waals surface area contributed by atoms with Gasteiger partial charge < -0.3 is 17.7 Å². The zero-order valence-electron chi connectivity index (χ0n) is 11.4. The minimum atomic E-state index is 0.533. The van der Waals surface area contributed by atoms with Crippen molar-refractivity contribution in [3.8, 4) is 0 Å². The highest BCUT2D eigenvalue weighted by Crippen LogP contribution is 2.32. The van der Waals surface area contributed by atoms with E-state index in [0.717, 1.165) is 0 Å². The van der Waals surface area contributed by atoms with Crippen LogP contribution in [0.3, 0.4) is 0 Å². The second-order valence-corrected chi connectivity index (χ2v) is 5.02. The van der Waals surface area contributed by atoms with E-state index in [-0.39, 0.29) is 0 Å². The monoisotopic (exact) mass is 290 g/mol. The minimum absolute atomic E-state index is 0.533. The molecule has 106 valence electrons. The molecule has 0 saturated carbocycles. The smallest absolute Gasteiger partial charge is 0.216 e. The molecule has 5 rings (SSSR count). The molecule has 2 heterocycles. The Morgan fingerprint density at radius 3 is 1.14 bits per heavy atom. The van der Waals surface area contributed by atoms with Crippen molar-refractivity contribution in [2.75, 3.05) is 0 Å². The molecule has 0 amide bonds. The summed E-state index contributed by atoms with van der Waals surface area (Å²) >= 11 is 0. The van der Waals surface area contributed by atoms with Crippen LogP contribution in [0.4, 0.5) is 0 Å². The van der Waals surface area contributed by atoms with Crippen LogP contribution < -0.4 is 0 Å². The van der Waals surface area contributed by atoms with Gasteiger partial charge in [-0.25, -0.2) is 0 Å². The number of rotatable bonds is 0. The maximum atomic E-state index is 5.96. The summed E-state index contributed by atoms with van der Waals surface area (Å²) in [6.45, 7) is 0. The first kappa shape index (κ1) is 11.5. The predicted molar refractivity (Wildman–Crippen MR) is 83.2 cm³/mol. The lowest BCUT2D eigenvalue weighted by molar-refractivity contribution is 0.553. The molecule has 0 aliphatic heterocycles. The molecule has 0 saturated heterocycles. The summed E-state index contributed by atoms with van der Waals surface area (Å²) in [6, 6.07) is 18.7. The second kappa shape index (κ2) is 4.18. The number of hydrogen-bond acceptors (Lipinski definition) is 4. The van der Waals surface area contributed by atoms with Gasteiger partial charge in [-0.1, -0.05) is 24.3 Å². The summed E-state index contributed by atoms with van der Waals surface area (Å²) in [5, 5.41) is 0. The summed E-state index contributed by atoms with van der Waals surface area (Å²) in [6.07, 6.45) is 0. The highest BCUT2D eigenvalue weighted by Gasteiger charge is 2.12. The molecule has 4 nitrogen and oxygen atoms in total. The highest BCUT2D eigenvalue weighted by molar-refractivity contribution is 5.98. The fourth-order valence-electron chi connectivity index (χ4n) is 2.58. The first-order chi connectivity index (χ1) is 10.9. The summed E-state index contributed by atoms with van der Waals surface area (Å²) in [5.74, 6) is 0. The van der Waals surface area contributed by atoms with Crippen LogP contribution in [0.5, 0.6) is 0 Å². The molecule has 3 aromatic carbocycles. The van der Waals surface area contributed by atoms with Crippen LogP contribution in [-0.4, -0.2) is 0 Å². The minimum Gasteiger partial charge on any atom is -0.449 e. The first-order valence-electron chi connectivity index (χ1n) is 6.95. The van der Waals surface area contributed by atoms with Gasteiger partial charge in [0.15, 0.2) is 33.5 Å². The van der Waals surface area contributed by atoms with Crippen molar-refractivity contribution in [3.63, 3.8) is 0 Å². The molecule has 0 spiro atoms. The van der Waals surface area contributed by atoms with Crippen molar-refractivity contribution in [2.45, 2.75) is 0 Å². The number of hydrogen-bond donors (Lipinski definition) is 0. The van der Waals surface area contributed by atoms with E-state index in [1.807, 2.05) is 60.7 Å².